The summed E-state index contributed by atoms with van der Waals surface area (Å²) in [5.41, 5.74) is 10.1. The average Bonchev–Trinajstić information content (AvgIpc) is 3.19. The summed E-state index contributed by atoms with van der Waals surface area (Å²) in [5.74, 6) is 0.184. The fraction of sp³-hybridized carbons (Fsp3) is 0.381. The minimum absolute atomic E-state index is 0.129. The van der Waals surface area contributed by atoms with E-state index in [1.807, 2.05) is 29.2 Å². The van der Waals surface area contributed by atoms with Crippen LogP contribution >= 0.6 is 11.6 Å². The molecule has 27 heavy (non-hydrogen) atoms. The van der Waals surface area contributed by atoms with E-state index in [-0.39, 0.29) is 18.0 Å². The molecule has 2 unspecified atom stereocenters. The Bertz CT molecular complexity index is 802. The number of carbonyl (C=O) groups is 1. The molecule has 2 heterocycles. The Balaban J connectivity index is 1.33. The third kappa shape index (κ3) is 3.95. The Hall–Kier alpha value is -2.08. The molecule has 2 fully saturated rings. The zero-order valence-corrected chi connectivity index (χ0v) is 16.2. The minimum atomic E-state index is -0.185. The number of carbonyl (C=O) groups excluding carboxylic acids is 1. The number of benzene rings is 2. The SMILES string of the molecule is Cc1ccccc1N1CCN(C(=O)C2CC(c3ccc(Cl)cc3)NN2)CC1. The van der Waals surface area contributed by atoms with Gasteiger partial charge in [-0.1, -0.05) is 41.9 Å². The van der Waals surface area contributed by atoms with Gasteiger partial charge < -0.3 is 9.80 Å². The summed E-state index contributed by atoms with van der Waals surface area (Å²) >= 11 is 5.96. The van der Waals surface area contributed by atoms with Crippen LogP contribution in [0, 0.1) is 6.92 Å². The van der Waals surface area contributed by atoms with Gasteiger partial charge in [0.05, 0.1) is 0 Å². The lowest BCUT2D eigenvalue weighted by atomic mass is 10.0. The molecule has 0 aromatic heterocycles. The second kappa shape index (κ2) is 7.89. The zero-order chi connectivity index (χ0) is 18.8. The van der Waals surface area contributed by atoms with Crippen LogP contribution in [0.25, 0.3) is 0 Å². The summed E-state index contributed by atoms with van der Waals surface area (Å²) < 4.78 is 0. The van der Waals surface area contributed by atoms with Crippen molar-refractivity contribution in [3.05, 3.63) is 64.7 Å². The van der Waals surface area contributed by atoms with E-state index in [0.29, 0.717) is 0 Å². The second-order valence-corrected chi connectivity index (χ2v) is 7.72. The lowest BCUT2D eigenvalue weighted by Gasteiger charge is -2.37. The Labute approximate surface area is 165 Å². The lowest BCUT2D eigenvalue weighted by molar-refractivity contribution is -0.133. The highest BCUT2D eigenvalue weighted by molar-refractivity contribution is 6.30. The standard InChI is InChI=1S/C21H25ClN4O/c1-15-4-2-3-5-20(15)25-10-12-26(13-11-25)21(27)19-14-18(23-24-19)16-6-8-17(22)9-7-16/h2-9,18-19,23-24H,10-14H2,1H3. The topological polar surface area (TPSA) is 47.6 Å². The summed E-state index contributed by atoms with van der Waals surface area (Å²) in [4.78, 5) is 17.3. The number of amides is 1. The van der Waals surface area contributed by atoms with Crippen LogP contribution in [0.4, 0.5) is 5.69 Å². The Kier molecular flexibility index (Phi) is 5.34. The van der Waals surface area contributed by atoms with E-state index < -0.39 is 0 Å². The Morgan fingerprint density at radius 1 is 1.00 bits per heavy atom. The quantitative estimate of drug-likeness (QED) is 0.854. The highest BCUT2D eigenvalue weighted by Gasteiger charge is 2.34. The van der Waals surface area contributed by atoms with Crippen molar-refractivity contribution in [1.82, 2.24) is 15.8 Å². The van der Waals surface area contributed by atoms with Crippen molar-refractivity contribution in [3.8, 4) is 0 Å². The fourth-order valence-electron chi connectivity index (χ4n) is 3.94. The first-order valence-electron chi connectivity index (χ1n) is 9.48. The third-order valence-corrected chi connectivity index (χ3v) is 5.77. The average molecular weight is 385 g/mol. The van der Waals surface area contributed by atoms with Crippen LogP contribution < -0.4 is 15.8 Å². The molecule has 2 N–H and O–H groups in total. The molecule has 6 heteroatoms. The van der Waals surface area contributed by atoms with Crippen molar-refractivity contribution >= 4 is 23.2 Å². The molecule has 2 aromatic rings. The summed E-state index contributed by atoms with van der Waals surface area (Å²) in [7, 11) is 0. The third-order valence-electron chi connectivity index (χ3n) is 5.52. The zero-order valence-electron chi connectivity index (χ0n) is 15.5. The van der Waals surface area contributed by atoms with Gasteiger partial charge in [0.25, 0.3) is 0 Å². The van der Waals surface area contributed by atoms with Gasteiger partial charge in [0.15, 0.2) is 0 Å². The maximum absolute atomic E-state index is 12.9. The highest BCUT2D eigenvalue weighted by Crippen LogP contribution is 2.25. The Morgan fingerprint density at radius 2 is 1.70 bits per heavy atom. The first-order valence-corrected chi connectivity index (χ1v) is 9.85. The van der Waals surface area contributed by atoms with Crippen molar-refractivity contribution in [1.29, 1.82) is 0 Å². The van der Waals surface area contributed by atoms with Gasteiger partial charge in [-0.05, 0) is 42.7 Å². The molecular weight excluding hydrogens is 360 g/mol. The fourth-order valence-corrected chi connectivity index (χ4v) is 4.06. The molecule has 2 atom stereocenters. The first kappa shape index (κ1) is 18.3. The van der Waals surface area contributed by atoms with Crippen molar-refractivity contribution in [2.45, 2.75) is 25.4 Å². The van der Waals surface area contributed by atoms with E-state index >= 15 is 0 Å². The molecule has 1 amide bonds. The monoisotopic (exact) mass is 384 g/mol. The molecule has 2 saturated heterocycles. The van der Waals surface area contributed by atoms with E-state index in [1.165, 1.54) is 11.3 Å². The minimum Gasteiger partial charge on any atom is -0.368 e. The number of aryl methyl sites for hydroxylation is 1. The molecular formula is C21H25ClN4O. The van der Waals surface area contributed by atoms with Crippen LogP contribution in [-0.4, -0.2) is 43.0 Å². The van der Waals surface area contributed by atoms with Gasteiger partial charge in [-0.2, -0.15) is 0 Å². The molecule has 5 nitrogen and oxygen atoms in total. The molecule has 0 bridgehead atoms. The number of rotatable bonds is 3. The van der Waals surface area contributed by atoms with Gasteiger partial charge in [0, 0.05) is 42.9 Å². The van der Waals surface area contributed by atoms with E-state index in [2.05, 4.69) is 46.9 Å². The van der Waals surface area contributed by atoms with Crippen molar-refractivity contribution < 1.29 is 4.79 Å². The van der Waals surface area contributed by atoms with Gasteiger partial charge in [-0.15, -0.1) is 0 Å². The smallest absolute Gasteiger partial charge is 0.241 e. The van der Waals surface area contributed by atoms with E-state index in [4.69, 9.17) is 11.6 Å². The number of hydrogen-bond donors (Lipinski definition) is 2. The largest absolute Gasteiger partial charge is 0.368 e. The maximum Gasteiger partial charge on any atom is 0.241 e. The number of para-hydroxylation sites is 1. The molecule has 2 aromatic carbocycles. The second-order valence-electron chi connectivity index (χ2n) is 7.28. The van der Waals surface area contributed by atoms with Crippen LogP contribution in [0.5, 0.6) is 0 Å². The van der Waals surface area contributed by atoms with Crippen molar-refractivity contribution in [3.63, 3.8) is 0 Å². The summed E-state index contributed by atoms with van der Waals surface area (Å²) in [5, 5.41) is 0.726. The van der Waals surface area contributed by atoms with E-state index in [0.717, 1.165) is 43.2 Å². The maximum atomic E-state index is 12.9. The number of hydrogen-bond acceptors (Lipinski definition) is 4. The highest BCUT2D eigenvalue weighted by atomic mass is 35.5. The predicted octanol–water partition coefficient (Wildman–Crippen LogP) is 2.90. The number of halogens is 1. The molecule has 0 radical (unpaired) electrons. The van der Waals surface area contributed by atoms with Gasteiger partial charge in [0.2, 0.25) is 5.91 Å². The first-order chi connectivity index (χ1) is 13.1. The molecule has 4 rings (SSSR count). The Morgan fingerprint density at radius 3 is 2.41 bits per heavy atom. The van der Waals surface area contributed by atoms with Crippen LogP contribution in [0.1, 0.15) is 23.6 Å². The molecule has 0 saturated carbocycles. The van der Waals surface area contributed by atoms with Crippen LogP contribution in [0.3, 0.4) is 0 Å². The number of hydrazine groups is 1. The van der Waals surface area contributed by atoms with Gasteiger partial charge in [-0.25, -0.2) is 10.9 Å². The lowest BCUT2D eigenvalue weighted by Crippen LogP contribution is -2.53. The van der Waals surface area contributed by atoms with Crippen LogP contribution in [0.2, 0.25) is 5.02 Å². The van der Waals surface area contributed by atoms with Gasteiger partial charge in [-0.3, -0.25) is 4.79 Å². The molecule has 142 valence electrons. The van der Waals surface area contributed by atoms with Crippen LogP contribution in [0.15, 0.2) is 48.5 Å². The molecule has 2 aliphatic rings. The molecule has 0 aliphatic carbocycles. The molecule has 2 aliphatic heterocycles. The number of nitrogens with zero attached hydrogens (tertiary/aromatic N) is 2. The molecule has 0 spiro atoms. The van der Waals surface area contributed by atoms with Crippen molar-refractivity contribution in [2.75, 3.05) is 31.1 Å². The summed E-state index contributed by atoms with van der Waals surface area (Å²) in [6.07, 6.45) is 0.748. The number of anilines is 1. The van der Waals surface area contributed by atoms with E-state index in [1.54, 1.807) is 0 Å². The van der Waals surface area contributed by atoms with Crippen LogP contribution in [-0.2, 0) is 4.79 Å². The van der Waals surface area contributed by atoms with E-state index in [9.17, 15) is 4.79 Å². The van der Waals surface area contributed by atoms with Crippen molar-refractivity contribution in [2.24, 2.45) is 0 Å². The normalized spacial score (nSPS) is 22.9. The van der Waals surface area contributed by atoms with Gasteiger partial charge in [0.1, 0.15) is 6.04 Å². The summed E-state index contributed by atoms with van der Waals surface area (Å²) in [6, 6.07) is 16.2. The number of piperazine rings is 1. The van der Waals surface area contributed by atoms with Gasteiger partial charge >= 0.3 is 0 Å². The predicted molar refractivity (Wildman–Crippen MR) is 109 cm³/mol. The number of nitrogens with one attached hydrogen (secondary N) is 2. The summed E-state index contributed by atoms with van der Waals surface area (Å²) in [6.45, 7) is 5.40.